The van der Waals surface area contributed by atoms with E-state index in [4.69, 9.17) is 4.74 Å². The molecule has 148 valence electrons. The Balaban J connectivity index is 1.77. The second kappa shape index (κ2) is 8.88. The molecule has 2 amide bonds. The standard InChI is InChI=1S/C22H22N4O3/c1-14-7-8-21(29-3)20(9-14)26-22(28)16-10-19(13-23-12-16)25-18-6-4-5-17(11-18)24-15(2)27/h4-13,25H,1-3H3,(H,24,27)(H,26,28). The van der Waals surface area contributed by atoms with E-state index in [1.165, 1.54) is 13.1 Å². The summed E-state index contributed by atoms with van der Waals surface area (Å²) in [5.41, 5.74) is 4.09. The molecule has 0 atom stereocenters. The Bertz CT molecular complexity index is 1050. The van der Waals surface area contributed by atoms with Gasteiger partial charge < -0.3 is 20.7 Å². The van der Waals surface area contributed by atoms with Gasteiger partial charge in [-0.3, -0.25) is 14.6 Å². The van der Waals surface area contributed by atoms with E-state index in [9.17, 15) is 9.59 Å². The molecule has 3 aromatic rings. The fourth-order valence-electron chi connectivity index (χ4n) is 2.79. The summed E-state index contributed by atoms with van der Waals surface area (Å²) >= 11 is 0. The highest BCUT2D eigenvalue weighted by atomic mass is 16.5. The van der Waals surface area contributed by atoms with E-state index in [2.05, 4.69) is 20.9 Å². The van der Waals surface area contributed by atoms with Crippen molar-refractivity contribution in [3.05, 3.63) is 72.1 Å². The number of amides is 2. The minimum atomic E-state index is -0.294. The van der Waals surface area contributed by atoms with Crippen LogP contribution in [0.25, 0.3) is 0 Å². The van der Waals surface area contributed by atoms with Gasteiger partial charge in [-0.1, -0.05) is 12.1 Å². The number of pyridine rings is 1. The molecule has 0 fully saturated rings. The van der Waals surface area contributed by atoms with Crippen molar-refractivity contribution in [3.8, 4) is 5.75 Å². The number of nitrogens with zero attached hydrogens (tertiary/aromatic N) is 1. The van der Waals surface area contributed by atoms with E-state index >= 15 is 0 Å². The lowest BCUT2D eigenvalue weighted by Gasteiger charge is -2.12. The van der Waals surface area contributed by atoms with Crippen LogP contribution in [0, 0.1) is 6.92 Å². The molecule has 3 rings (SSSR count). The van der Waals surface area contributed by atoms with E-state index in [0.29, 0.717) is 28.4 Å². The van der Waals surface area contributed by atoms with Gasteiger partial charge in [0.1, 0.15) is 5.75 Å². The van der Waals surface area contributed by atoms with Gasteiger partial charge >= 0.3 is 0 Å². The molecule has 1 aromatic heterocycles. The number of rotatable bonds is 6. The van der Waals surface area contributed by atoms with Crippen LogP contribution in [0.15, 0.2) is 60.9 Å². The predicted molar refractivity (Wildman–Crippen MR) is 114 cm³/mol. The first-order chi connectivity index (χ1) is 13.9. The number of carbonyl (C=O) groups excluding carboxylic acids is 2. The molecular weight excluding hydrogens is 368 g/mol. The third kappa shape index (κ3) is 5.32. The number of anilines is 4. The highest BCUT2D eigenvalue weighted by molar-refractivity contribution is 6.05. The normalized spacial score (nSPS) is 10.2. The van der Waals surface area contributed by atoms with E-state index in [-0.39, 0.29) is 11.8 Å². The molecule has 0 aliphatic rings. The van der Waals surface area contributed by atoms with Crippen LogP contribution >= 0.6 is 0 Å². The summed E-state index contributed by atoms with van der Waals surface area (Å²) in [6.45, 7) is 3.39. The van der Waals surface area contributed by atoms with Crippen LogP contribution in [0.2, 0.25) is 0 Å². The van der Waals surface area contributed by atoms with Crippen LogP contribution in [0.3, 0.4) is 0 Å². The monoisotopic (exact) mass is 390 g/mol. The third-order valence-electron chi connectivity index (χ3n) is 4.08. The minimum absolute atomic E-state index is 0.144. The number of benzene rings is 2. The molecule has 0 saturated heterocycles. The van der Waals surface area contributed by atoms with E-state index < -0.39 is 0 Å². The van der Waals surface area contributed by atoms with Gasteiger partial charge in [-0.25, -0.2) is 0 Å². The summed E-state index contributed by atoms with van der Waals surface area (Å²) in [6.07, 6.45) is 3.12. The summed E-state index contributed by atoms with van der Waals surface area (Å²) in [5, 5.41) is 8.78. The number of hydrogen-bond donors (Lipinski definition) is 3. The number of aromatic nitrogens is 1. The van der Waals surface area contributed by atoms with Crippen LogP contribution in [0.5, 0.6) is 5.75 Å². The molecule has 2 aromatic carbocycles. The Kier molecular flexibility index (Phi) is 6.09. The molecule has 3 N–H and O–H groups in total. The van der Waals surface area contributed by atoms with Gasteiger partial charge in [0, 0.05) is 24.5 Å². The predicted octanol–water partition coefficient (Wildman–Crippen LogP) is 4.35. The first-order valence-electron chi connectivity index (χ1n) is 9.00. The molecule has 29 heavy (non-hydrogen) atoms. The molecule has 0 unspecified atom stereocenters. The van der Waals surface area contributed by atoms with Crippen molar-refractivity contribution in [1.29, 1.82) is 0 Å². The van der Waals surface area contributed by atoms with Crippen LogP contribution in [-0.2, 0) is 4.79 Å². The summed E-state index contributed by atoms with van der Waals surface area (Å²) < 4.78 is 5.31. The average Bonchev–Trinajstić information content (AvgIpc) is 2.68. The molecular formula is C22H22N4O3. The highest BCUT2D eigenvalue weighted by Crippen LogP contribution is 2.26. The van der Waals surface area contributed by atoms with Crippen molar-refractivity contribution in [1.82, 2.24) is 4.98 Å². The number of hydrogen-bond acceptors (Lipinski definition) is 5. The zero-order valence-electron chi connectivity index (χ0n) is 16.4. The molecule has 0 bridgehead atoms. The zero-order chi connectivity index (χ0) is 20.8. The SMILES string of the molecule is COc1ccc(C)cc1NC(=O)c1cncc(Nc2cccc(NC(C)=O)c2)c1. The minimum Gasteiger partial charge on any atom is -0.495 e. The maximum absolute atomic E-state index is 12.7. The molecule has 0 aliphatic heterocycles. The van der Waals surface area contributed by atoms with Gasteiger partial charge in [0.05, 0.1) is 30.2 Å². The fraction of sp³-hybridized carbons (Fsp3) is 0.136. The largest absolute Gasteiger partial charge is 0.495 e. The van der Waals surface area contributed by atoms with Crippen molar-refractivity contribution in [2.24, 2.45) is 0 Å². The Morgan fingerprint density at radius 2 is 1.72 bits per heavy atom. The average molecular weight is 390 g/mol. The van der Waals surface area contributed by atoms with E-state index in [0.717, 1.165) is 11.3 Å². The first kappa shape index (κ1) is 19.9. The van der Waals surface area contributed by atoms with Crippen LogP contribution in [-0.4, -0.2) is 23.9 Å². The Hall–Kier alpha value is -3.87. The quantitative estimate of drug-likeness (QED) is 0.582. The van der Waals surface area contributed by atoms with Crippen molar-refractivity contribution in [2.75, 3.05) is 23.1 Å². The highest BCUT2D eigenvalue weighted by Gasteiger charge is 2.11. The molecule has 7 nitrogen and oxygen atoms in total. The van der Waals surface area contributed by atoms with Gasteiger partial charge in [-0.2, -0.15) is 0 Å². The van der Waals surface area contributed by atoms with Gasteiger partial charge in [-0.15, -0.1) is 0 Å². The third-order valence-corrected chi connectivity index (χ3v) is 4.08. The van der Waals surface area contributed by atoms with Crippen molar-refractivity contribution in [2.45, 2.75) is 13.8 Å². The maximum atomic E-state index is 12.7. The summed E-state index contributed by atoms with van der Waals surface area (Å²) in [7, 11) is 1.56. The van der Waals surface area contributed by atoms with Gasteiger partial charge in [0.25, 0.3) is 5.91 Å². The van der Waals surface area contributed by atoms with Gasteiger partial charge in [0.2, 0.25) is 5.91 Å². The lowest BCUT2D eigenvalue weighted by atomic mass is 10.2. The summed E-state index contributed by atoms with van der Waals surface area (Å²) in [6, 6.07) is 14.5. The van der Waals surface area contributed by atoms with E-state index in [1.54, 1.807) is 31.5 Å². The van der Waals surface area contributed by atoms with Crippen molar-refractivity contribution >= 4 is 34.6 Å². The van der Waals surface area contributed by atoms with E-state index in [1.807, 2.05) is 37.3 Å². The number of nitrogens with one attached hydrogen (secondary N) is 3. The zero-order valence-corrected chi connectivity index (χ0v) is 16.4. The number of ether oxygens (including phenoxy) is 1. The summed E-state index contributed by atoms with van der Waals surface area (Å²) in [5.74, 6) is 0.145. The lowest BCUT2D eigenvalue weighted by molar-refractivity contribution is -0.114. The molecule has 0 aliphatic carbocycles. The van der Waals surface area contributed by atoms with Gasteiger partial charge in [0.15, 0.2) is 0 Å². The number of methoxy groups -OCH3 is 1. The Morgan fingerprint density at radius 3 is 2.48 bits per heavy atom. The summed E-state index contributed by atoms with van der Waals surface area (Å²) in [4.78, 5) is 28.1. The van der Waals surface area contributed by atoms with Gasteiger partial charge in [-0.05, 0) is 48.9 Å². The van der Waals surface area contributed by atoms with Crippen LogP contribution in [0.4, 0.5) is 22.7 Å². The maximum Gasteiger partial charge on any atom is 0.257 e. The molecule has 0 radical (unpaired) electrons. The Morgan fingerprint density at radius 1 is 0.931 bits per heavy atom. The molecule has 1 heterocycles. The second-order valence-corrected chi connectivity index (χ2v) is 6.51. The van der Waals surface area contributed by atoms with Crippen LogP contribution in [0.1, 0.15) is 22.8 Å². The lowest BCUT2D eigenvalue weighted by Crippen LogP contribution is -2.13. The van der Waals surface area contributed by atoms with Crippen molar-refractivity contribution < 1.29 is 14.3 Å². The first-order valence-corrected chi connectivity index (χ1v) is 9.00. The Labute approximate surface area is 169 Å². The number of carbonyl (C=O) groups is 2. The van der Waals surface area contributed by atoms with Crippen molar-refractivity contribution in [3.63, 3.8) is 0 Å². The van der Waals surface area contributed by atoms with Crippen LogP contribution < -0.4 is 20.7 Å². The number of aryl methyl sites for hydroxylation is 1. The fourth-order valence-corrected chi connectivity index (χ4v) is 2.79. The topological polar surface area (TPSA) is 92.3 Å². The smallest absolute Gasteiger partial charge is 0.257 e. The molecule has 7 heteroatoms. The molecule has 0 spiro atoms. The molecule has 0 saturated carbocycles. The second-order valence-electron chi connectivity index (χ2n) is 6.51.